The zero-order valence-electron chi connectivity index (χ0n) is 13.7. The molecule has 1 N–H and O–H groups in total. The summed E-state index contributed by atoms with van der Waals surface area (Å²) in [6.07, 6.45) is 3.32. The monoisotopic (exact) mass is 342 g/mol. The van der Waals surface area contributed by atoms with Gasteiger partial charge in [-0.1, -0.05) is 41.9 Å². The first kappa shape index (κ1) is 16.8. The second-order valence-electron chi connectivity index (χ2n) is 6.11. The van der Waals surface area contributed by atoms with Crippen LogP contribution in [0.2, 0.25) is 5.02 Å². The van der Waals surface area contributed by atoms with E-state index < -0.39 is 0 Å². The number of aliphatic imine (C=N–C) groups is 1. The van der Waals surface area contributed by atoms with Crippen LogP contribution in [0.15, 0.2) is 59.6 Å². The van der Waals surface area contributed by atoms with Crippen LogP contribution in [0.25, 0.3) is 0 Å². The molecule has 1 aliphatic rings. The van der Waals surface area contributed by atoms with E-state index >= 15 is 0 Å². The normalized spacial score (nSPS) is 17.2. The standard InChI is InChI=1S/C20H23ClN2O/c21-18-6-8-19(9-7-18)24-13-12-23-20-15-17(10-11-22-20)14-16-4-2-1-3-5-16/h1-9,17H,10-15H2,(H,22,23). The average Bonchev–Trinajstić information content (AvgIpc) is 2.61. The zero-order valence-corrected chi connectivity index (χ0v) is 14.5. The summed E-state index contributed by atoms with van der Waals surface area (Å²) in [4.78, 5) is 4.61. The summed E-state index contributed by atoms with van der Waals surface area (Å²) >= 11 is 5.86. The van der Waals surface area contributed by atoms with Gasteiger partial charge in [-0.2, -0.15) is 0 Å². The molecule has 126 valence electrons. The molecule has 0 saturated heterocycles. The largest absolute Gasteiger partial charge is 0.492 e. The van der Waals surface area contributed by atoms with Crippen molar-refractivity contribution in [2.24, 2.45) is 10.9 Å². The number of amidine groups is 1. The van der Waals surface area contributed by atoms with Crippen molar-refractivity contribution in [3.8, 4) is 5.75 Å². The minimum Gasteiger partial charge on any atom is -0.492 e. The van der Waals surface area contributed by atoms with Gasteiger partial charge in [0.05, 0.1) is 12.4 Å². The van der Waals surface area contributed by atoms with Crippen molar-refractivity contribution >= 4 is 17.4 Å². The van der Waals surface area contributed by atoms with E-state index in [0.29, 0.717) is 12.5 Å². The van der Waals surface area contributed by atoms with E-state index in [-0.39, 0.29) is 0 Å². The fourth-order valence-electron chi connectivity index (χ4n) is 2.97. The van der Waals surface area contributed by atoms with E-state index in [0.717, 1.165) is 42.5 Å². The van der Waals surface area contributed by atoms with Crippen LogP contribution in [-0.2, 0) is 6.42 Å². The topological polar surface area (TPSA) is 33.6 Å². The molecule has 4 heteroatoms. The van der Waals surface area contributed by atoms with Crippen LogP contribution in [0.1, 0.15) is 18.4 Å². The number of benzene rings is 2. The van der Waals surface area contributed by atoms with Crippen molar-refractivity contribution < 1.29 is 4.74 Å². The van der Waals surface area contributed by atoms with Crippen molar-refractivity contribution in [3.63, 3.8) is 0 Å². The first-order chi connectivity index (χ1) is 11.8. The Bertz CT molecular complexity index is 655. The summed E-state index contributed by atoms with van der Waals surface area (Å²) in [5, 5.41) is 4.14. The van der Waals surface area contributed by atoms with E-state index in [4.69, 9.17) is 16.3 Å². The Kier molecular flexibility index (Phi) is 6.13. The second-order valence-corrected chi connectivity index (χ2v) is 6.54. The van der Waals surface area contributed by atoms with E-state index in [1.807, 2.05) is 24.3 Å². The molecule has 0 saturated carbocycles. The van der Waals surface area contributed by atoms with Gasteiger partial charge >= 0.3 is 0 Å². The molecule has 2 aromatic rings. The number of nitrogens with zero attached hydrogens (tertiary/aromatic N) is 1. The third kappa shape index (κ3) is 5.27. The number of rotatable bonds is 6. The average molecular weight is 343 g/mol. The number of nitrogens with one attached hydrogen (secondary N) is 1. The lowest BCUT2D eigenvalue weighted by Gasteiger charge is -2.23. The lowest BCUT2D eigenvalue weighted by molar-refractivity contribution is 0.321. The van der Waals surface area contributed by atoms with Gasteiger partial charge in [0.2, 0.25) is 0 Å². The molecule has 0 aliphatic carbocycles. The van der Waals surface area contributed by atoms with E-state index in [1.165, 1.54) is 12.0 Å². The summed E-state index contributed by atoms with van der Waals surface area (Å²) in [6.45, 7) is 2.29. The third-order valence-corrected chi connectivity index (χ3v) is 4.45. The van der Waals surface area contributed by atoms with Crippen LogP contribution < -0.4 is 10.1 Å². The summed E-state index contributed by atoms with van der Waals surface area (Å²) in [5.74, 6) is 2.63. The van der Waals surface area contributed by atoms with Crippen molar-refractivity contribution in [2.75, 3.05) is 19.7 Å². The van der Waals surface area contributed by atoms with Crippen LogP contribution in [-0.4, -0.2) is 25.5 Å². The third-order valence-electron chi connectivity index (χ3n) is 4.20. The second kappa shape index (κ2) is 8.74. The SMILES string of the molecule is Clc1ccc(OCCNC2=NCCC(Cc3ccccc3)C2)cc1. The highest BCUT2D eigenvalue weighted by molar-refractivity contribution is 6.30. The predicted octanol–water partition coefficient (Wildman–Crippen LogP) is 4.36. The molecule has 3 rings (SSSR count). The van der Waals surface area contributed by atoms with E-state index in [1.54, 1.807) is 0 Å². The molecule has 0 spiro atoms. The number of ether oxygens (including phenoxy) is 1. The Morgan fingerprint density at radius 3 is 2.67 bits per heavy atom. The minimum absolute atomic E-state index is 0.615. The summed E-state index contributed by atoms with van der Waals surface area (Å²) in [5.41, 5.74) is 1.41. The Morgan fingerprint density at radius 2 is 1.88 bits per heavy atom. The maximum Gasteiger partial charge on any atom is 0.119 e. The fraction of sp³-hybridized carbons (Fsp3) is 0.350. The number of halogens is 1. The van der Waals surface area contributed by atoms with Gasteiger partial charge < -0.3 is 10.1 Å². The first-order valence-electron chi connectivity index (χ1n) is 8.49. The minimum atomic E-state index is 0.615. The van der Waals surface area contributed by atoms with Crippen molar-refractivity contribution in [1.29, 1.82) is 0 Å². The van der Waals surface area contributed by atoms with E-state index in [9.17, 15) is 0 Å². The highest BCUT2D eigenvalue weighted by Crippen LogP contribution is 2.20. The molecule has 1 heterocycles. The molecule has 0 bridgehead atoms. The smallest absolute Gasteiger partial charge is 0.119 e. The van der Waals surface area contributed by atoms with Crippen molar-refractivity contribution in [3.05, 3.63) is 65.2 Å². The fourth-order valence-corrected chi connectivity index (χ4v) is 3.09. The quantitative estimate of drug-likeness (QED) is 0.791. The molecule has 0 radical (unpaired) electrons. The Hall–Kier alpha value is -2.00. The molecule has 1 unspecified atom stereocenters. The van der Waals surface area contributed by atoms with Gasteiger partial charge in [-0.25, -0.2) is 0 Å². The highest BCUT2D eigenvalue weighted by Gasteiger charge is 2.16. The molecule has 1 aliphatic heterocycles. The number of hydrogen-bond acceptors (Lipinski definition) is 3. The molecule has 0 amide bonds. The molecule has 2 aromatic carbocycles. The Labute approximate surface area is 148 Å². The molecule has 0 fully saturated rings. The predicted molar refractivity (Wildman–Crippen MR) is 100 cm³/mol. The maximum absolute atomic E-state index is 5.86. The zero-order chi connectivity index (χ0) is 16.6. The molecular weight excluding hydrogens is 320 g/mol. The van der Waals surface area contributed by atoms with Crippen LogP contribution in [0.5, 0.6) is 5.75 Å². The van der Waals surface area contributed by atoms with Gasteiger partial charge in [-0.15, -0.1) is 0 Å². The van der Waals surface area contributed by atoms with Crippen LogP contribution in [0.3, 0.4) is 0 Å². The Balaban J connectivity index is 1.39. The van der Waals surface area contributed by atoms with Gasteiger partial charge in [-0.3, -0.25) is 4.99 Å². The molecular formula is C20H23ClN2O. The van der Waals surface area contributed by atoms with Gasteiger partial charge in [0.1, 0.15) is 12.4 Å². The number of hydrogen-bond donors (Lipinski definition) is 1. The highest BCUT2D eigenvalue weighted by atomic mass is 35.5. The van der Waals surface area contributed by atoms with Gasteiger partial charge in [0.15, 0.2) is 0 Å². The van der Waals surface area contributed by atoms with Gasteiger partial charge in [0, 0.05) is 18.0 Å². The van der Waals surface area contributed by atoms with Crippen LogP contribution >= 0.6 is 11.6 Å². The van der Waals surface area contributed by atoms with Gasteiger partial charge in [-0.05, 0) is 48.6 Å². The van der Waals surface area contributed by atoms with Gasteiger partial charge in [0.25, 0.3) is 0 Å². The van der Waals surface area contributed by atoms with E-state index in [2.05, 4.69) is 40.6 Å². The lowest BCUT2D eigenvalue weighted by atomic mass is 9.91. The first-order valence-corrected chi connectivity index (χ1v) is 8.87. The van der Waals surface area contributed by atoms with Crippen LogP contribution in [0.4, 0.5) is 0 Å². The maximum atomic E-state index is 5.86. The molecule has 1 atom stereocenters. The lowest BCUT2D eigenvalue weighted by Crippen LogP contribution is -2.33. The Morgan fingerprint density at radius 1 is 1.08 bits per heavy atom. The summed E-state index contributed by atoms with van der Waals surface area (Å²) < 4.78 is 5.70. The molecule has 0 aromatic heterocycles. The molecule has 24 heavy (non-hydrogen) atoms. The summed E-state index contributed by atoms with van der Waals surface area (Å²) in [7, 11) is 0. The van der Waals surface area contributed by atoms with Crippen LogP contribution in [0, 0.1) is 5.92 Å². The van der Waals surface area contributed by atoms with Crippen molar-refractivity contribution in [1.82, 2.24) is 5.32 Å². The summed E-state index contributed by atoms with van der Waals surface area (Å²) in [6, 6.07) is 18.1. The molecule has 3 nitrogen and oxygen atoms in total. The van der Waals surface area contributed by atoms with Crippen molar-refractivity contribution in [2.45, 2.75) is 19.3 Å².